The molecule has 1 saturated heterocycles. The van der Waals surface area contributed by atoms with Gasteiger partial charge in [-0.05, 0) is 50.6 Å². The quantitative estimate of drug-likeness (QED) is 0.421. The molecule has 1 aliphatic heterocycles. The van der Waals surface area contributed by atoms with Crippen molar-refractivity contribution in [2.75, 3.05) is 32.7 Å². The molecule has 4 nitrogen and oxygen atoms in total. The fourth-order valence-electron chi connectivity index (χ4n) is 2.72. The third-order valence-corrected chi connectivity index (χ3v) is 4.14. The van der Waals surface area contributed by atoms with Crippen LogP contribution in [0.2, 0.25) is 0 Å². The maximum absolute atomic E-state index is 5.88. The van der Waals surface area contributed by atoms with E-state index in [9.17, 15) is 0 Å². The number of nitrogens with zero attached hydrogens (tertiary/aromatic N) is 2. The minimum absolute atomic E-state index is 0. The summed E-state index contributed by atoms with van der Waals surface area (Å²) < 4.78 is 0. The minimum Gasteiger partial charge on any atom is -0.370 e. The van der Waals surface area contributed by atoms with E-state index in [1.807, 2.05) is 0 Å². The molecule has 5 heteroatoms. The van der Waals surface area contributed by atoms with E-state index in [2.05, 4.69) is 22.1 Å². The summed E-state index contributed by atoms with van der Waals surface area (Å²) in [5, 5.41) is 3.25. The van der Waals surface area contributed by atoms with Crippen molar-refractivity contribution in [1.82, 2.24) is 10.2 Å². The van der Waals surface area contributed by atoms with Crippen LogP contribution in [0.5, 0.6) is 0 Å². The molecule has 1 aliphatic carbocycles. The number of hydrogen-bond acceptors (Lipinski definition) is 2. The average molecular weight is 380 g/mol. The Balaban J connectivity index is 0.00000180. The van der Waals surface area contributed by atoms with Gasteiger partial charge in [0.05, 0.1) is 0 Å². The van der Waals surface area contributed by atoms with E-state index in [1.165, 1.54) is 51.7 Å². The van der Waals surface area contributed by atoms with Crippen LogP contribution < -0.4 is 11.1 Å². The largest absolute Gasteiger partial charge is 0.370 e. The van der Waals surface area contributed by atoms with Crippen LogP contribution in [0.4, 0.5) is 0 Å². The first-order valence-electron chi connectivity index (χ1n) is 7.50. The molecule has 1 saturated carbocycles. The molecule has 0 radical (unpaired) electrons. The van der Waals surface area contributed by atoms with Crippen LogP contribution in [0.1, 0.15) is 39.0 Å². The lowest BCUT2D eigenvalue weighted by atomic mass is 9.85. The molecule has 2 fully saturated rings. The average Bonchev–Trinajstić information content (AvgIpc) is 2.77. The van der Waals surface area contributed by atoms with Crippen LogP contribution in [0, 0.1) is 11.8 Å². The van der Waals surface area contributed by atoms with Crippen molar-refractivity contribution in [3.63, 3.8) is 0 Å². The normalized spacial score (nSPS) is 22.7. The van der Waals surface area contributed by atoms with Crippen molar-refractivity contribution in [1.29, 1.82) is 0 Å². The van der Waals surface area contributed by atoms with Crippen LogP contribution >= 0.6 is 24.0 Å². The second-order valence-corrected chi connectivity index (χ2v) is 6.02. The Labute approximate surface area is 134 Å². The molecule has 0 aromatic heterocycles. The number of guanidine groups is 1. The molecule has 1 atom stereocenters. The Morgan fingerprint density at radius 1 is 1.32 bits per heavy atom. The molecular weight excluding hydrogens is 351 g/mol. The summed E-state index contributed by atoms with van der Waals surface area (Å²) in [4.78, 5) is 6.99. The van der Waals surface area contributed by atoms with Crippen molar-refractivity contribution in [3.05, 3.63) is 0 Å². The zero-order chi connectivity index (χ0) is 12.8. The summed E-state index contributed by atoms with van der Waals surface area (Å²) in [6, 6.07) is 0. The Morgan fingerprint density at radius 3 is 2.58 bits per heavy atom. The minimum atomic E-state index is 0. The SMILES string of the molecule is CC(CN=C(N)NCC1CCC1)CN1CCCC1.I. The van der Waals surface area contributed by atoms with Crippen LogP contribution in [0.25, 0.3) is 0 Å². The molecule has 2 rings (SSSR count). The standard InChI is InChI=1S/C14H28N4.HI/c1-12(11-18-7-2-3-8-18)9-16-14(15)17-10-13-5-4-6-13;/h12-13H,2-11H2,1H3,(H3,15,16,17);1H. The Morgan fingerprint density at radius 2 is 2.00 bits per heavy atom. The van der Waals surface area contributed by atoms with Crippen LogP contribution in [0.3, 0.4) is 0 Å². The smallest absolute Gasteiger partial charge is 0.188 e. The molecule has 0 spiro atoms. The third kappa shape index (κ3) is 6.29. The van der Waals surface area contributed by atoms with Gasteiger partial charge in [0.15, 0.2) is 5.96 Å². The summed E-state index contributed by atoms with van der Waals surface area (Å²) in [6.07, 6.45) is 6.82. The number of nitrogens with two attached hydrogens (primary N) is 1. The zero-order valence-corrected chi connectivity index (χ0v) is 14.4. The molecule has 0 aromatic rings. The topological polar surface area (TPSA) is 53.6 Å². The van der Waals surface area contributed by atoms with Crippen LogP contribution in [0.15, 0.2) is 4.99 Å². The third-order valence-electron chi connectivity index (χ3n) is 4.14. The van der Waals surface area contributed by atoms with Crippen molar-refractivity contribution in [2.24, 2.45) is 22.6 Å². The van der Waals surface area contributed by atoms with E-state index >= 15 is 0 Å². The van der Waals surface area contributed by atoms with E-state index in [-0.39, 0.29) is 24.0 Å². The monoisotopic (exact) mass is 380 g/mol. The van der Waals surface area contributed by atoms with Crippen molar-refractivity contribution in [3.8, 4) is 0 Å². The number of nitrogens with one attached hydrogen (secondary N) is 1. The van der Waals surface area contributed by atoms with Gasteiger partial charge in [0.25, 0.3) is 0 Å². The molecule has 0 amide bonds. The number of rotatable bonds is 6. The highest BCUT2D eigenvalue weighted by Gasteiger charge is 2.17. The lowest BCUT2D eigenvalue weighted by molar-refractivity contribution is 0.291. The van der Waals surface area contributed by atoms with E-state index < -0.39 is 0 Å². The summed E-state index contributed by atoms with van der Waals surface area (Å²) in [5.74, 6) is 2.07. The predicted octanol–water partition coefficient (Wildman–Crippen LogP) is 2.04. The van der Waals surface area contributed by atoms with Gasteiger partial charge in [0.2, 0.25) is 0 Å². The fourth-order valence-corrected chi connectivity index (χ4v) is 2.72. The van der Waals surface area contributed by atoms with Gasteiger partial charge in [-0.15, -0.1) is 24.0 Å². The van der Waals surface area contributed by atoms with Gasteiger partial charge in [-0.2, -0.15) is 0 Å². The zero-order valence-electron chi connectivity index (χ0n) is 12.1. The molecule has 1 unspecified atom stereocenters. The molecule has 1 heterocycles. The van der Waals surface area contributed by atoms with Gasteiger partial charge in [-0.1, -0.05) is 13.3 Å². The van der Waals surface area contributed by atoms with Gasteiger partial charge < -0.3 is 16.0 Å². The molecule has 19 heavy (non-hydrogen) atoms. The first-order chi connectivity index (χ1) is 8.74. The molecule has 112 valence electrons. The fraction of sp³-hybridized carbons (Fsp3) is 0.929. The summed E-state index contributed by atoms with van der Waals surface area (Å²) in [5.41, 5.74) is 5.88. The summed E-state index contributed by atoms with van der Waals surface area (Å²) >= 11 is 0. The maximum atomic E-state index is 5.88. The molecular formula is C14H29IN4. The lowest BCUT2D eigenvalue weighted by Gasteiger charge is -2.25. The van der Waals surface area contributed by atoms with E-state index in [1.54, 1.807) is 0 Å². The van der Waals surface area contributed by atoms with Gasteiger partial charge in [0, 0.05) is 19.6 Å². The highest BCUT2D eigenvalue weighted by molar-refractivity contribution is 14.0. The van der Waals surface area contributed by atoms with Gasteiger partial charge in [0.1, 0.15) is 0 Å². The van der Waals surface area contributed by atoms with E-state index in [0.717, 1.165) is 19.0 Å². The summed E-state index contributed by atoms with van der Waals surface area (Å²) in [7, 11) is 0. The highest BCUT2D eigenvalue weighted by atomic mass is 127. The first-order valence-corrected chi connectivity index (χ1v) is 7.50. The number of aliphatic imine (C=N–C) groups is 1. The van der Waals surface area contributed by atoms with Gasteiger partial charge in [-0.3, -0.25) is 4.99 Å². The van der Waals surface area contributed by atoms with Crippen molar-refractivity contribution >= 4 is 29.9 Å². The number of likely N-dealkylation sites (tertiary alicyclic amines) is 1. The van der Waals surface area contributed by atoms with Gasteiger partial charge in [-0.25, -0.2) is 0 Å². The lowest BCUT2D eigenvalue weighted by Crippen LogP contribution is -2.37. The highest BCUT2D eigenvalue weighted by Crippen LogP contribution is 2.24. The second kappa shape index (κ2) is 9.00. The van der Waals surface area contributed by atoms with Gasteiger partial charge >= 0.3 is 0 Å². The number of halogens is 1. The van der Waals surface area contributed by atoms with E-state index in [4.69, 9.17) is 5.73 Å². The van der Waals surface area contributed by atoms with Crippen LogP contribution in [-0.4, -0.2) is 43.6 Å². The molecule has 3 N–H and O–H groups in total. The van der Waals surface area contributed by atoms with Crippen molar-refractivity contribution < 1.29 is 0 Å². The maximum Gasteiger partial charge on any atom is 0.188 e. The van der Waals surface area contributed by atoms with E-state index in [0.29, 0.717) is 11.9 Å². The first kappa shape index (κ1) is 17.0. The molecule has 2 aliphatic rings. The Hall–Kier alpha value is -0.0400. The molecule has 0 aromatic carbocycles. The Kier molecular flexibility index (Phi) is 8.06. The van der Waals surface area contributed by atoms with Crippen molar-refractivity contribution in [2.45, 2.75) is 39.0 Å². The van der Waals surface area contributed by atoms with Crippen LogP contribution in [-0.2, 0) is 0 Å². The number of hydrogen-bond donors (Lipinski definition) is 2. The Bertz CT molecular complexity index is 273. The summed E-state index contributed by atoms with van der Waals surface area (Å²) in [6.45, 7) is 7.82. The predicted molar refractivity (Wildman–Crippen MR) is 92.1 cm³/mol. The second-order valence-electron chi connectivity index (χ2n) is 6.02. The molecule has 0 bridgehead atoms.